The molecule has 6 nitrogen and oxygen atoms in total. The highest BCUT2D eigenvalue weighted by Crippen LogP contribution is 2.11. The van der Waals surface area contributed by atoms with Crippen molar-refractivity contribution in [2.75, 3.05) is 19.0 Å². The van der Waals surface area contributed by atoms with Crippen LogP contribution in [-0.2, 0) is 14.3 Å². The van der Waals surface area contributed by atoms with Gasteiger partial charge in [-0.25, -0.2) is 9.59 Å². The van der Waals surface area contributed by atoms with Gasteiger partial charge in [0.05, 0.1) is 19.3 Å². The van der Waals surface area contributed by atoms with Gasteiger partial charge in [-0.15, -0.1) is 0 Å². The summed E-state index contributed by atoms with van der Waals surface area (Å²) in [5.74, 6) is -1.12. The molecule has 104 valence electrons. The molecule has 0 aliphatic carbocycles. The molecule has 6 heteroatoms. The van der Waals surface area contributed by atoms with Gasteiger partial charge in [-0.1, -0.05) is 0 Å². The van der Waals surface area contributed by atoms with Crippen molar-refractivity contribution in [3.8, 4) is 6.07 Å². The summed E-state index contributed by atoms with van der Waals surface area (Å²) in [5, 5.41) is 11.6. The summed E-state index contributed by atoms with van der Waals surface area (Å²) in [6.45, 7) is 1.86. The van der Waals surface area contributed by atoms with Gasteiger partial charge in [0.2, 0.25) is 0 Å². The SMILES string of the molecule is CCOC(=O)C(C#N)=CNc1ccc(C(=O)OC)cc1. The van der Waals surface area contributed by atoms with Crippen LogP contribution < -0.4 is 5.32 Å². The Hall–Kier alpha value is -2.81. The molecule has 0 saturated heterocycles. The zero-order valence-electron chi connectivity index (χ0n) is 11.2. The van der Waals surface area contributed by atoms with E-state index in [9.17, 15) is 9.59 Å². The summed E-state index contributed by atoms with van der Waals surface area (Å²) in [5.41, 5.74) is 0.895. The molecule has 0 aliphatic heterocycles. The summed E-state index contributed by atoms with van der Waals surface area (Å²) < 4.78 is 9.29. The Balaban J connectivity index is 2.76. The number of anilines is 1. The molecular weight excluding hydrogens is 260 g/mol. The Labute approximate surface area is 116 Å². The van der Waals surface area contributed by atoms with Gasteiger partial charge in [0, 0.05) is 11.9 Å². The molecule has 0 saturated carbocycles. The van der Waals surface area contributed by atoms with E-state index in [0.29, 0.717) is 11.3 Å². The molecule has 0 amide bonds. The molecule has 0 unspecified atom stereocenters. The molecule has 0 bridgehead atoms. The second kappa shape index (κ2) is 7.59. The Kier molecular flexibility index (Phi) is 5.78. The Morgan fingerprint density at radius 2 is 2.00 bits per heavy atom. The van der Waals surface area contributed by atoms with Crippen molar-refractivity contribution in [2.24, 2.45) is 0 Å². The van der Waals surface area contributed by atoms with Crippen LogP contribution in [0.15, 0.2) is 36.0 Å². The van der Waals surface area contributed by atoms with Crippen LogP contribution in [0.4, 0.5) is 5.69 Å². The fourth-order valence-corrected chi connectivity index (χ4v) is 1.32. The van der Waals surface area contributed by atoms with Crippen LogP contribution in [-0.4, -0.2) is 25.7 Å². The maximum absolute atomic E-state index is 11.4. The lowest BCUT2D eigenvalue weighted by atomic mass is 10.2. The lowest BCUT2D eigenvalue weighted by Crippen LogP contribution is -2.08. The zero-order chi connectivity index (χ0) is 15.0. The van der Waals surface area contributed by atoms with Crippen molar-refractivity contribution < 1.29 is 19.1 Å². The zero-order valence-corrected chi connectivity index (χ0v) is 11.2. The molecule has 0 aromatic heterocycles. The lowest BCUT2D eigenvalue weighted by Gasteiger charge is -2.04. The van der Waals surface area contributed by atoms with E-state index in [2.05, 4.69) is 10.1 Å². The Morgan fingerprint density at radius 1 is 1.35 bits per heavy atom. The van der Waals surface area contributed by atoms with E-state index >= 15 is 0 Å². The van der Waals surface area contributed by atoms with E-state index in [-0.39, 0.29) is 12.2 Å². The first kappa shape index (κ1) is 15.2. The summed E-state index contributed by atoms with van der Waals surface area (Å²) in [4.78, 5) is 22.6. The van der Waals surface area contributed by atoms with Gasteiger partial charge in [-0.2, -0.15) is 5.26 Å². The van der Waals surface area contributed by atoms with Crippen LogP contribution in [0.3, 0.4) is 0 Å². The monoisotopic (exact) mass is 274 g/mol. The first-order chi connectivity index (χ1) is 9.62. The van der Waals surface area contributed by atoms with Gasteiger partial charge >= 0.3 is 11.9 Å². The quantitative estimate of drug-likeness (QED) is 0.501. The fraction of sp³-hybridized carbons (Fsp3) is 0.214. The maximum Gasteiger partial charge on any atom is 0.350 e. The summed E-state index contributed by atoms with van der Waals surface area (Å²) in [6.07, 6.45) is 1.26. The third-order valence-electron chi connectivity index (χ3n) is 2.30. The molecule has 0 aliphatic rings. The number of ether oxygens (including phenoxy) is 2. The van der Waals surface area contributed by atoms with Crippen LogP contribution in [0.5, 0.6) is 0 Å². The molecule has 1 rings (SSSR count). The Morgan fingerprint density at radius 3 is 2.50 bits per heavy atom. The highest BCUT2D eigenvalue weighted by molar-refractivity contribution is 5.93. The van der Waals surface area contributed by atoms with Crippen LogP contribution >= 0.6 is 0 Å². The smallest absolute Gasteiger partial charge is 0.350 e. The van der Waals surface area contributed by atoms with Crippen LogP contribution in [0.25, 0.3) is 0 Å². The number of methoxy groups -OCH3 is 1. The van der Waals surface area contributed by atoms with E-state index in [0.717, 1.165) is 0 Å². The average Bonchev–Trinajstić information content (AvgIpc) is 2.48. The number of nitrogens with zero attached hydrogens (tertiary/aromatic N) is 1. The van der Waals surface area contributed by atoms with Gasteiger partial charge in [-0.05, 0) is 31.2 Å². The van der Waals surface area contributed by atoms with Gasteiger partial charge in [-0.3, -0.25) is 0 Å². The standard InChI is InChI=1S/C14H14N2O4/c1-3-20-14(18)11(8-15)9-16-12-6-4-10(5-7-12)13(17)19-2/h4-7,9,16H,3H2,1-2H3. The summed E-state index contributed by atoms with van der Waals surface area (Å²) in [7, 11) is 1.30. The molecule has 1 N–H and O–H groups in total. The van der Waals surface area contributed by atoms with Gasteiger partial charge in [0.15, 0.2) is 5.57 Å². The summed E-state index contributed by atoms with van der Waals surface area (Å²) >= 11 is 0. The van der Waals surface area contributed by atoms with Crippen molar-refractivity contribution in [3.63, 3.8) is 0 Å². The molecule has 0 atom stereocenters. The van der Waals surface area contributed by atoms with Crippen molar-refractivity contribution in [2.45, 2.75) is 6.92 Å². The van der Waals surface area contributed by atoms with E-state index < -0.39 is 11.9 Å². The minimum atomic E-state index is -0.686. The third-order valence-corrected chi connectivity index (χ3v) is 2.30. The number of nitriles is 1. The number of nitrogens with one attached hydrogen (secondary N) is 1. The molecule has 0 fully saturated rings. The van der Waals surface area contributed by atoms with E-state index in [1.807, 2.05) is 0 Å². The number of hydrogen-bond donors (Lipinski definition) is 1. The molecule has 1 aromatic rings. The molecule has 1 aromatic carbocycles. The van der Waals surface area contributed by atoms with E-state index in [1.165, 1.54) is 13.3 Å². The number of rotatable bonds is 5. The second-order valence-electron chi connectivity index (χ2n) is 3.60. The van der Waals surface area contributed by atoms with Gasteiger partial charge < -0.3 is 14.8 Å². The number of esters is 2. The van der Waals surface area contributed by atoms with E-state index in [1.54, 1.807) is 37.3 Å². The predicted molar refractivity (Wildman–Crippen MR) is 71.7 cm³/mol. The van der Waals surface area contributed by atoms with Gasteiger partial charge in [0.25, 0.3) is 0 Å². The normalized spacial score (nSPS) is 10.3. The molecule has 0 heterocycles. The van der Waals surface area contributed by atoms with Gasteiger partial charge in [0.1, 0.15) is 6.07 Å². The fourth-order valence-electron chi connectivity index (χ4n) is 1.32. The van der Waals surface area contributed by atoms with Crippen molar-refractivity contribution in [3.05, 3.63) is 41.6 Å². The topological polar surface area (TPSA) is 88.4 Å². The number of hydrogen-bond acceptors (Lipinski definition) is 6. The molecule has 20 heavy (non-hydrogen) atoms. The highest BCUT2D eigenvalue weighted by Gasteiger charge is 2.09. The number of carbonyl (C=O) groups excluding carboxylic acids is 2. The van der Waals surface area contributed by atoms with Crippen LogP contribution in [0.1, 0.15) is 17.3 Å². The number of carbonyl (C=O) groups is 2. The first-order valence-corrected chi connectivity index (χ1v) is 5.84. The van der Waals surface area contributed by atoms with Crippen molar-refractivity contribution in [1.82, 2.24) is 0 Å². The predicted octanol–water partition coefficient (Wildman–Crippen LogP) is 1.86. The maximum atomic E-state index is 11.4. The molecular formula is C14H14N2O4. The molecule has 0 spiro atoms. The second-order valence-corrected chi connectivity index (χ2v) is 3.60. The third kappa shape index (κ3) is 4.14. The van der Waals surface area contributed by atoms with E-state index in [4.69, 9.17) is 10.00 Å². The van der Waals surface area contributed by atoms with Crippen LogP contribution in [0, 0.1) is 11.3 Å². The van der Waals surface area contributed by atoms with Crippen molar-refractivity contribution in [1.29, 1.82) is 5.26 Å². The minimum Gasteiger partial charge on any atom is -0.465 e. The Bertz CT molecular complexity index is 556. The molecule has 0 radical (unpaired) electrons. The van der Waals surface area contributed by atoms with Crippen LogP contribution in [0.2, 0.25) is 0 Å². The highest BCUT2D eigenvalue weighted by atomic mass is 16.5. The average molecular weight is 274 g/mol. The van der Waals surface area contributed by atoms with Crippen molar-refractivity contribution >= 4 is 17.6 Å². The summed E-state index contributed by atoms with van der Waals surface area (Å²) in [6, 6.07) is 8.14. The first-order valence-electron chi connectivity index (χ1n) is 5.84. The lowest BCUT2D eigenvalue weighted by molar-refractivity contribution is -0.138. The minimum absolute atomic E-state index is 0.135. The number of benzene rings is 1. The largest absolute Gasteiger partial charge is 0.465 e.